The van der Waals surface area contributed by atoms with E-state index in [0.717, 1.165) is 24.2 Å². The van der Waals surface area contributed by atoms with E-state index in [9.17, 15) is 0 Å². The highest BCUT2D eigenvalue weighted by atomic mass is 16.5. The van der Waals surface area contributed by atoms with Gasteiger partial charge >= 0.3 is 6.01 Å². The minimum Gasteiger partial charge on any atom is -0.458 e. The molecule has 0 amide bonds. The van der Waals surface area contributed by atoms with E-state index in [0.29, 0.717) is 6.01 Å². The smallest absolute Gasteiger partial charge is 0.317 e. The lowest BCUT2D eigenvalue weighted by Gasteiger charge is -2.28. The van der Waals surface area contributed by atoms with Crippen LogP contribution in [-0.2, 0) is 0 Å². The van der Waals surface area contributed by atoms with Crippen LogP contribution >= 0.6 is 0 Å². The summed E-state index contributed by atoms with van der Waals surface area (Å²) in [6.45, 7) is 3.89. The summed E-state index contributed by atoms with van der Waals surface area (Å²) in [7, 11) is 0. The highest BCUT2D eigenvalue weighted by Gasteiger charge is 2.24. The lowest BCUT2D eigenvalue weighted by molar-refractivity contribution is 0.120. The van der Waals surface area contributed by atoms with Gasteiger partial charge in [-0.2, -0.15) is 0 Å². The number of aromatic nitrogens is 2. The average molecular weight is 221 g/mol. The Kier molecular flexibility index (Phi) is 3.39. The molecule has 1 fully saturated rings. The van der Waals surface area contributed by atoms with Gasteiger partial charge in [0.05, 0.1) is 0 Å². The van der Waals surface area contributed by atoms with E-state index in [2.05, 4.69) is 9.97 Å². The first kappa shape index (κ1) is 11.3. The largest absolute Gasteiger partial charge is 0.458 e. The second-order valence-corrected chi connectivity index (χ2v) is 4.54. The summed E-state index contributed by atoms with van der Waals surface area (Å²) < 4.78 is 5.78. The Hall–Kier alpha value is -1.16. The summed E-state index contributed by atoms with van der Waals surface area (Å²) in [5, 5.41) is 0. The van der Waals surface area contributed by atoms with Crippen molar-refractivity contribution >= 4 is 0 Å². The quantitative estimate of drug-likeness (QED) is 0.826. The van der Waals surface area contributed by atoms with Gasteiger partial charge in [0, 0.05) is 17.4 Å². The van der Waals surface area contributed by atoms with Gasteiger partial charge in [-0.25, -0.2) is 9.97 Å². The van der Waals surface area contributed by atoms with Crippen LogP contribution in [0.15, 0.2) is 6.07 Å². The fourth-order valence-electron chi connectivity index (χ4n) is 2.15. The van der Waals surface area contributed by atoms with E-state index < -0.39 is 0 Å². The van der Waals surface area contributed by atoms with Gasteiger partial charge < -0.3 is 10.5 Å². The summed E-state index contributed by atoms with van der Waals surface area (Å²) in [4.78, 5) is 8.55. The molecule has 4 heteroatoms. The van der Waals surface area contributed by atoms with Crippen LogP contribution in [0.4, 0.5) is 0 Å². The molecule has 16 heavy (non-hydrogen) atoms. The van der Waals surface area contributed by atoms with Crippen LogP contribution in [0, 0.1) is 13.8 Å². The molecule has 0 radical (unpaired) electrons. The first-order valence-electron chi connectivity index (χ1n) is 5.89. The average Bonchev–Trinajstić information content (AvgIpc) is 2.20. The highest BCUT2D eigenvalue weighted by molar-refractivity contribution is 5.11. The van der Waals surface area contributed by atoms with Gasteiger partial charge in [0.1, 0.15) is 6.10 Å². The predicted molar refractivity (Wildman–Crippen MR) is 62.4 cm³/mol. The topological polar surface area (TPSA) is 61.0 Å². The molecule has 0 saturated heterocycles. The summed E-state index contributed by atoms with van der Waals surface area (Å²) in [6.07, 6.45) is 4.51. The summed E-state index contributed by atoms with van der Waals surface area (Å²) in [5.74, 6) is 0. The van der Waals surface area contributed by atoms with Crippen molar-refractivity contribution in [1.82, 2.24) is 9.97 Å². The third-order valence-electron chi connectivity index (χ3n) is 2.97. The molecule has 1 saturated carbocycles. The fraction of sp³-hybridized carbons (Fsp3) is 0.667. The number of hydrogen-bond donors (Lipinski definition) is 1. The number of ether oxygens (including phenoxy) is 1. The Balaban J connectivity index is 2.07. The molecule has 0 bridgehead atoms. The highest BCUT2D eigenvalue weighted by Crippen LogP contribution is 2.21. The van der Waals surface area contributed by atoms with Crippen LogP contribution in [0.3, 0.4) is 0 Å². The van der Waals surface area contributed by atoms with Crippen molar-refractivity contribution in [2.24, 2.45) is 5.73 Å². The van der Waals surface area contributed by atoms with Crippen molar-refractivity contribution in [1.29, 1.82) is 0 Å². The van der Waals surface area contributed by atoms with E-state index in [-0.39, 0.29) is 12.1 Å². The molecular weight excluding hydrogens is 202 g/mol. The first-order valence-corrected chi connectivity index (χ1v) is 5.89. The van der Waals surface area contributed by atoms with Crippen LogP contribution in [0.25, 0.3) is 0 Å². The number of nitrogens with zero attached hydrogens (tertiary/aromatic N) is 2. The molecule has 4 nitrogen and oxygen atoms in total. The summed E-state index contributed by atoms with van der Waals surface area (Å²) in [6, 6.07) is 2.53. The van der Waals surface area contributed by atoms with Crippen molar-refractivity contribution in [3.8, 4) is 6.01 Å². The third kappa shape index (κ3) is 2.70. The van der Waals surface area contributed by atoms with Crippen molar-refractivity contribution < 1.29 is 4.74 Å². The molecule has 2 unspecified atom stereocenters. The summed E-state index contributed by atoms with van der Waals surface area (Å²) >= 11 is 0. The van der Waals surface area contributed by atoms with Crippen molar-refractivity contribution in [2.75, 3.05) is 0 Å². The van der Waals surface area contributed by atoms with Gasteiger partial charge in [-0.3, -0.25) is 0 Å². The molecule has 88 valence electrons. The van der Waals surface area contributed by atoms with Crippen LogP contribution in [-0.4, -0.2) is 22.1 Å². The minimum atomic E-state index is 0.0787. The molecular formula is C12H19N3O. The SMILES string of the molecule is Cc1cc(C)nc(OC2CCCCC2N)n1. The number of hydrogen-bond acceptors (Lipinski definition) is 4. The van der Waals surface area contributed by atoms with Gasteiger partial charge in [-0.05, 0) is 39.2 Å². The van der Waals surface area contributed by atoms with Crippen LogP contribution in [0.1, 0.15) is 37.1 Å². The third-order valence-corrected chi connectivity index (χ3v) is 2.97. The second kappa shape index (κ2) is 4.78. The molecule has 2 rings (SSSR count). The van der Waals surface area contributed by atoms with Crippen LogP contribution in [0.5, 0.6) is 6.01 Å². The normalized spacial score (nSPS) is 25.4. The van der Waals surface area contributed by atoms with Crippen LogP contribution in [0.2, 0.25) is 0 Å². The van der Waals surface area contributed by atoms with Gasteiger partial charge in [-0.1, -0.05) is 6.42 Å². The maximum absolute atomic E-state index is 6.02. The minimum absolute atomic E-state index is 0.0787. The van der Waals surface area contributed by atoms with E-state index in [4.69, 9.17) is 10.5 Å². The van der Waals surface area contributed by atoms with Gasteiger partial charge in [0.2, 0.25) is 0 Å². The lowest BCUT2D eigenvalue weighted by atomic mass is 9.93. The molecule has 0 aliphatic heterocycles. The van der Waals surface area contributed by atoms with Gasteiger partial charge in [-0.15, -0.1) is 0 Å². The molecule has 1 aliphatic rings. The van der Waals surface area contributed by atoms with Crippen molar-refractivity contribution in [2.45, 2.75) is 51.7 Å². The van der Waals surface area contributed by atoms with Gasteiger partial charge in [0.25, 0.3) is 0 Å². The molecule has 2 atom stereocenters. The zero-order chi connectivity index (χ0) is 11.5. The molecule has 0 aromatic carbocycles. The molecule has 1 aromatic heterocycles. The Morgan fingerprint density at radius 3 is 2.44 bits per heavy atom. The Bertz CT molecular complexity index is 347. The monoisotopic (exact) mass is 221 g/mol. The van der Waals surface area contributed by atoms with E-state index >= 15 is 0 Å². The van der Waals surface area contributed by atoms with E-state index in [1.54, 1.807) is 0 Å². The lowest BCUT2D eigenvalue weighted by Crippen LogP contribution is -2.41. The predicted octanol–water partition coefficient (Wildman–Crippen LogP) is 1.74. The Labute approximate surface area is 96.2 Å². The van der Waals surface area contributed by atoms with Crippen molar-refractivity contribution in [3.05, 3.63) is 17.5 Å². The first-order chi connectivity index (χ1) is 7.65. The zero-order valence-electron chi connectivity index (χ0n) is 9.94. The fourth-order valence-corrected chi connectivity index (χ4v) is 2.15. The maximum Gasteiger partial charge on any atom is 0.317 e. The van der Waals surface area contributed by atoms with Crippen molar-refractivity contribution in [3.63, 3.8) is 0 Å². The molecule has 0 spiro atoms. The van der Waals surface area contributed by atoms with Gasteiger partial charge in [0.15, 0.2) is 0 Å². The maximum atomic E-state index is 6.02. The molecule has 1 aliphatic carbocycles. The number of rotatable bonds is 2. The standard InChI is InChI=1S/C12H19N3O/c1-8-7-9(2)15-12(14-8)16-11-6-4-3-5-10(11)13/h7,10-11H,3-6,13H2,1-2H3. The Morgan fingerprint density at radius 2 is 1.81 bits per heavy atom. The summed E-state index contributed by atoms with van der Waals surface area (Å²) in [5.41, 5.74) is 7.90. The van der Waals surface area contributed by atoms with Crippen LogP contribution < -0.4 is 10.5 Å². The molecule has 2 N–H and O–H groups in total. The Morgan fingerprint density at radius 1 is 1.19 bits per heavy atom. The number of aryl methyl sites for hydroxylation is 2. The number of nitrogens with two attached hydrogens (primary N) is 1. The molecule has 1 heterocycles. The van der Waals surface area contributed by atoms with E-state index in [1.807, 2.05) is 19.9 Å². The zero-order valence-corrected chi connectivity index (χ0v) is 9.94. The molecule has 1 aromatic rings. The van der Waals surface area contributed by atoms with E-state index in [1.165, 1.54) is 12.8 Å². The second-order valence-electron chi connectivity index (χ2n) is 4.54.